The van der Waals surface area contributed by atoms with Crippen LogP contribution in [-0.2, 0) is 4.79 Å². The molecule has 2 saturated carbocycles. The molecular formula is C21H29F2N3O2. The molecule has 0 saturated heterocycles. The summed E-state index contributed by atoms with van der Waals surface area (Å²) >= 11 is 0. The lowest BCUT2D eigenvalue weighted by molar-refractivity contribution is -0.126. The van der Waals surface area contributed by atoms with Gasteiger partial charge in [-0.2, -0.15) is 0 Å². The standard InChI is InChI=1S/C21H29F2N3O2/c1-11(2)18(25-20(27)17-15(22)7-4-8-16(17)23)21(28)26-19-12-5-3-6-13(19)10-14(24)9-12/h4,7-8,11-14,18-19H,3,5-6,9-10,24H2,1-2H3,(H,25,27)(H,26,28). The SMILES string of the molecule is CC(C)C(NC(=O)c1c(F)cccc1F)C(=O)NC1C2CCCC1CC(N)C2. The zero-order valence-corrected chi connectivity index (χ0v) is 16.4. The van der Waals surface area contributed by atoms with E-state index in [1.165, 1.54) is 6.07 Å². The van der Waals surface area contributed by atoms with Crippen molar-refractivity contribution >= 4 is 11.8 Å². The minimum atomic E-state index is -0.948. The lowest BCUT2D eigenvalue weighted by Crippen LogP contribution is -2.58. The number of halogens is 2. The predicted molar refractivity (Wildman–Crippen MR) is 102 cm³/mol. The number of nitrogens with one attached hydrogen (secondary N) is 2. The molecule has 0 aliphatic heterocycles. The van der Waals surface area contributed by atoms with E-state index in [-0.39, 0.29) is 23.9 Å². The van der Waals surface area contributed by atoms with Gasteiger partial charge >= 0.3 is 0 Å². The van der Waals surface area contributed by atoms with E-state index in [0.717, 1.165) is 44.2 Å². The van der Waals surface area contributed by atoms with Crippen LogP contribution in [0.2, 0.25) is 0 Å². The van der Waals surface area contributed by atoms with Crippen LogP contribution in [0.15, 0.2) is 18.2 Å². The highest BCUT2D eigenvalue weighted by Gasteiger charge is 2.41. The van der Waals surface area contributed by atoms with Gasteiger partial charge in [0.25, 0.3) is 5.91 Å². The topological polar surface area (TPSA) is 84.2 Å². The van der Waals surface area contributed by atoms with E-state index in [1.54, 1.807) is 13.8 Å². The molecular weight excluding hydrogens is 364 g/mol. The molecule has 0 heterocycles. The molecule has 0 aromatic heterocycles. The van der Waals surface area contributed by atoms with Crippen LogP contribution in [0.25, 0.3) is 0 Å². The Labute approximate surface area is 164 Å². The van der Waals surface area contributed by atoms with Crippen molar-refractivity contribution < 1.29 is 18.4 Å². The van der Waals surface area contributed by atoms with Gasteiger partial charge in [0.05, 0.1) is 0 Å². The van der Waals surface area contributed by atoms with Crippen LogP contribution in [0.1, 0.15) is 56.3 Å². The van der Waals surface area contributed by atoms with E-state index in [1.807, 2.05) is 0 Å². The summed E-state index contributed by atoms with van der Waals surface area (Å²) in [6.45, 7) is 3.58. The predicted octanol–water partition coefficient (Wildman–Crippen LogP) is 2.74. The van der Waals surface area contributed by atoms with Gasteiger partial charge in [-0.3, -0.25) is 9.59 Å². The summed E-state index contributed by atoms with van der Waals surface area (Å²) < 4.78 is 27.8. The Balaban J connectivity index is 1.72. The van der Waals surface area contributed by atoms with Crippen LogP contribution in [0.5, 0.6) is 0 Å². The number of hydrogen-bond acceptors (Lipinski definition) is 3. The van der Waals surface area contributed by atoms with Crippen molar-refractivity contribution in [2.24, 2.45) is 23.5 Å². The number of fused-ring (bicyclic) bond motifs is 2. The molecule has 154 valence electrons. The number of rotatable bonds is 5. The third kappa shape index (κ3) is 4.35. The van der Waals surface area contributed by atoms with E-state index in [2.05, 4.69) is 10.6 Å². The zero-order valence-electron chi connectivity index (χ0n) is 16.4. The van der Waals surface area contributed by atoms with Gasteiger partial charge in [0.15, 0.2) is 0 Å². The summed E-state index contributed by atoms with van der Waals surface area (Å²) in [6.07, 6.45) is 5.00. The quantitative estimate of drug-likeness (QED) is 0.719. The molecule has 3 rings (SSSR count). The van der Waals surface area contributed by atoms with Crippen molar-refractivity contribution in [3.05, 3.63) is 35.4 Å². The second-order valence-electron chi connectivity index (χ2n) is 8.51. The van der Waals surface area contributed by atoms with Crippen molar-refractivity contribution in [1.29, 1.82) is 0 Å². The summed E-state index contributed by atoms with van der Waals surface area (Å²) in [4.78, 5) is 25.4. The van der Waals surface area contributed by atoms with E-state index in [9.17, 15) is 18.4 Å². The van der Waals surface area contributed by atoms with Gasteiger partial charge in [-0.15, -0.1) is 0 Å². The molecule has 2 bridgehead atoms. The molecule has 3 atom stereocenters. The molecule has 4 N–H and O–H groups in total. The molecule has 2 amide bonds. The maximum absolute atomic E-state index is 13.9. The average Bonchev–Trinajstić information content (AvgIpc) is 2.60. The van der Waals surface area contributed by atoms with Gasteiger partial charge in [-0.05, 0) is 55.6 Å². The lowest BCUT2D eigenvalue weighted by Gasteiger charge is -2.45. The Morgan fingerprint density at radius 1 is 1.11 bits per heavy atom. The normalized spacial score (nSPS) is 27.9. The largest absolute Gasteiger partial charge is 0.351 e. The number of benzene rings is 1. The van der Waals surface area contributed by atoms with Crippen molar-refractivity contribution in [2.45, 2.75) is 64.1 Å². The number of amides is 2. The van der Waals surface area contributed by atoms with Crippen molar-refractivity contribution in [3.8, 4) is 0 Å². The molecule has 0 radical (unpaired) electrons. The average molecular weight is 393 g/mol. The molecule has 2 fully saturated rings. The smallest absolute Gasteiger partial charge is 0.257 e. The fraction of sp³-hybridized carbons (Fsp3) is 0.619. The van der Waals surface area contributed by atoms with Gasteiger partial charge in [0.2, 0.25) is 5.91 Å². The Morgan fingerprint density at radius 2 is 1.68 bits per heavy atom. The van der Waals surface area contributed by atoms with Crippen molar-refractivity contribution in [2.75, 3.05) is 0 Å². The highest BCUT2D eigenvalue weighted by Crippen LogP contribution is 2.39. The van der Waals surface area contributed by atoms with Crippen LogP contribution in [-0.4, -0.2) is 29.9 Å². The maximum Gasteiger partial charge on any atom is 0.257 e. The van der Waals surface area contributed by atoms with Crippen LogP contribution in [0, 0.1) is 29.4 Å². The Hall–Kier alpha value is -2.02. The Morgan fingerprint density at radius 3 is 2.21 bits per heavy atom. The van der Waals surface area contributed by atoms with Gasteiger partial charge < -0.3 is 16.4 Å². The molecule has 1 aromatic rings. The second-order valence-corrected chi connectivity index (χ2v) is 8.51. The second kappa shape index (κ2) is 8.55. The van der Waals surface area contributed by atoms with Gasteiger partial charge in [-0.25, -0.2) is 8.78 Å². The van der Waals surface area contributed by atoms with Gasteiger partial charge in [0, 0.05) is 12.1 Å². The highest BCUT2D eigenvalue weighted by molar-refractivity contribution is 5.98. The van der Waals surface area contributed by atoms with Crippen LogP contribution in [0.4, 0.5) is 8.78 Å². The van der Waals surface area contributed by atoms with Crippen molar-refractivity contribution in [3.63, 3.8) is 0 Å². The van der Waals surface area contributed by atoms with Gasteiger partial charge in [-0.1, -0.05) is 26.3 Å². The number of carbonyl (C=O) groups excluding carboxylic acids is 2. The van der Waals surface area contributed by atoms with E-state index in [4.69, 9.17) is 5.73 Å². The summed E-state index contributed by atoms with van der Waals surface area (Å²) in [5, 5.41) is 5.63. The first-order valence-electron chi connectivity index (χ1n) is 10.1. The summed E-state index contributed by atoms with van der Waals surface area (Å²) in [7, 11) is 0. The number of nitrogens with two attached hydrogens (primary N) is 1. The zero-order chi connectivity index (χ0) is 20.4. The molecule has 3 unspecified atom stereocenters. The monoisotopic (exact) mass is 393 g/mol. The van der Waals surface area contributed by atoms with Crippen LogP contribution >= 0.6 is 0 Å². The first kappa shape index (κ1) is 20.7. The molecule has 7 heteroatoms. The first-order valence-corrected chi connectivity index (χ1v) is 10.1. The summed E-state index contributed by atoms with van der Waals surface area (Å²) in [5.74, 6) is -2.66. The van der Waals surface area contributed by atoms with Crippen LogP contribution in [0.3, 0.4) is 0 Å². The van der Waals surface area contributed by atoms with Crippen LogP contribution < -0.4 is 16.4 Å². The number of hydrogen-bond donors (Lipinski definition) is 3. The number of carbonyl (C=O) groups is 2. The maximum atomic E-state index is 13.9. The molecule has 0 spiro atoms. The molecule has 28 heavy (non-hydrogen) atoms. The van der Waals surface area contributed by atoms with E-state index < -0.39 is 29.1 Å². The minimum Gasteiger partial charge on any atom is -0.351 e. The summed E-state index contributed by atoms with van der Waals surface area (Å²) in [6, 6.07) is 2.59. The van der Waals surface area contributed by atoms with E-state index >= 15 is 0 Å². The third-order valence-electron chi connectivity index (χ3n) is 6.11. The van der Waals surface area contributed by atoms with E-state index in [0.29, 0.717) is 11.8 Å². The highest BCUT2D eigenvalue weighted by atomic mass is 19.1. The lowest BCUT2D eigenvalue weighted by atomic mass is 9.67. The molecule has 5 nitrogen and oxygen atoms in total. The fourth-order valence-corrected chi connectivity index (χ4v) is 4.74. The first-order chi connectivity index (χ1) is 13.3. The fourth-order valence-electron chi connectivity index (χ4n) is 4.74. The summed E-state index contributed by atoms with van der Waals surface area (Å²) in [5.41, 5.74) is 5.48. The van der Waals surface area contributed by atoms with Gasteiger partial charge in [0.1, 0.15) is 23.2 Å². The molecule has 1 aromatic carbocycles. The molecule has 2 aliphatic carbocycles. The Kier molecular flexibility index (Phi) is 6.33. The minimum absolute atomic E-state index is 0.0457. The molecule has 2 aliphatic rings. The Bertz CT molecular complexity index is 706. The van der Waals surface area contributed by atoms with Crippen molar-refractivity contribution in [1.82, 2.24) is 10.6 Å². The third-order valence-corrected chi connectivity index (χ3v) is 6.11.